The molecule has 4 heteroatoms. The van der Waals surface area contributed by atoms with Crippen LogP contribution in [0.5, 0.6) is 5.75 Å². The summed E-state index contributed by atoms with van der Waals surface area (Å²) in [6.45, 7) is 0.104. The van der Waals surface area contributed by atoms with Gasteiger partial charge in [-0.25, -0.2) is 4.39 Å². The number of aliphatic hydroxyl groups is 1. The van der Waals surface area contributed by atoms with Crippen molar-refractivity contribution in [2.24, 2.45) is 5.73 Å². The van der Waals surface area contributed by atoms with Crippen molar-refractivity contribution in [1.82, 2.24) is 0 Å². The van der Waals surface area contributed by atoms with Gasteiger partial charge in [0.1, 0.15) is 0 Å². The topological polar surface area (TPSA) is 55.5 Å². The summed E-state index contributed by atoms with van der Waals surface area (Å²) in [5.74, 6) is -0.192. The normalized spacial score (nSPS) is 12.5. The molecule has 1 aromatic carbocycles. The van der Waals surface area contributed by atoms with Crippen molar-refractivity contribution < 1.29 is 14.2 Å². The molecule has 0 aliphatic heterocycles. The Kier molecular flexibility index (Phi) is 4.52. The minimum atomic E-state index is -0.408. The quantitative estimate of drug-likeness (QED) is 0.781. The third kappa shape index (κ3) is 3.18. The second kappa shape index (κ2) is 5.68. The summed E-state index contributed by atoms with van der Waals surface area (Å²) >= 11 is 0. The minimum absolute atomic E-state index is 0.104. The average Bonchev–Trinajstić information content (AvgIpc) is 2.25. The van der Waals surface area contributed by atoms with Gasteiger partial charge in [0.05, 0.1) is 7.11 Å². The van der Waals surface area contributed by atoms with Gasteiger partial charge in [-0.1, -0.05) is 6.07 Å². The number of hydrogen-bond acceptors (Lipinski definition) is 3. The second-order valence-electron chi connectivity index (χ2n) is 3.37. The number of halogens is 1. The van der Waals surface area contributed by atoms with Gasteiger partial charge in [-0.15, -0.1) is 0 Å². The maximum Gasteiger partial charge on any atom is 0.165 e. The van der Waals surface area contributed by atoms with Crippen LogP contribution in [0.2, 0.25) is 0 Å². The van der Waals surface area contributed by atoms with E-state index in [0.29, 0.717) is 12.8 Å². The highest BCUT2D eigenvalue weighted by Gasteiger charge is 2.09. The Bertz CT molecular complexity index is 317. The Morgan fingerprint density at radius 1 is 1.53 bits per heavy atom. The summed E-state index contributed by atoms with van der Waals surface area (Å²) in [7, 11) is 1.42. The Labute approximate surface area is 88.7 Å². The molecular weight excluding hydrogens is 197 g/mol. The molecule has 0 heterocycles. The third-order valence-corrected chi connectivity index (χ3v) is 2.28. The Balaban J connectivity index is 2.73. The number of hydrogen-bond donors (Lipinski definition) is 2. The molecule has 1 aromatic rings. The van der Waals surface area contributed by atoms with Crippen LogP contribution in [-0.4, -0.2) is 18.8 Å². The van der Waals surface area contributed by atoms with Gasteiger partial charge in [0.25, 0.3) is 0 Å². The van der Waals surface area contributed by atoms with Gasteiger partial charge in [0.2, 0.25) is 0 Å². The Morgan fingerprint density at radius 3 is 2.80 bits per heavy atom. The number of benzene rings is 1. The molecule has 84 valence electrons. The summed E-state index contributed by atoms with van der Waals surface area (Å²) < 4.78 is 18.1. The standard InChI is InChI=1S/C11H16FNO2/c1-15-11-5-4-8(7-9(11)12)10(13)3-2-6-14/h4-5,7,10,14H,2-3,6,13H2,1H3/t10-/m0/s1. The molecule has 0 bridgehead atoms. The molecule has 0 aromatic heterocycles. The summed E-state index contributed by atoms with van der Waals surface area (Å²) in [6, 6.07) is 4.44. The first kappa shape index (κ1) is 11.9. The van der Waals surface area contributed by atoms with E-state index in [1.807, 2.05) is 0 Å². The van der Waals surface area contributed by atoms with Crippen molar-refractivity contribution >= 4 is 0 Å². The average molecular weight is 213 g/mol. The fourth-order valence-electron chi connectivity index (χ4n) is 1.39. The van der Waals surface area contributed by atoms with Crippen molar-refractivity contribution in [2.45, 2.75) is 18.9 Å². The molecule has 0 aliphatic carbocycles. The predicted molar refractivity (Wildman–Crippen MR) is 56.2 cm³/mol. The number of nitrogens with two attached hydrogens (primary N) is 1. The first-order chi connectivity index (χ1) is 7.19. The zero-order valence-corrected chi connectivity index (χ0v) is 8.74. The molecule has 3 nitrogen and oxygen atoms in total. The first-order valence-electron chi connectivity index (χ1n) is 4.89. The highest BCUT2D eigenvalue weighted by molar-refractivity contribution is 5.30. The molecule has 1 atom stereocenters. The van der Waals surface area contributed by atoms with E-state index < -0.39 is 5.82 Å². The maximum atomic E-state index is 13.3. The lowest BCUT2D eigenvalue weighted by molar-refractivity contribution is 0.280. The van der Waals surface area contributed by atoms with Crippen LogP contribution in [0.15, 0.2) is 18.2 Å². The number of methoxy groups -OCH3 is 1. The van der Waals surface area contributed by atoms with E-state index in [4.69, 9.17) is 15.6 Å². The van der Waals surface area contributed by atoms with E-state index in [1.165, 1.54) is 13.2 Å². The molecule has 0 aliphatic rings. The lowest BCUT2D eigenvalue weighted by Crippen LogP contribution is -2.11. The van der Waals surface area contributed by atoms with Gasteiger partial charge in [-0.2, -0.15) is 0 Å². The van der Waals surface area contributed by atoms with E-state index in [1.54, 1.807) is 12.1 Å². The van der Waals surface area contributed by atoms with Crippen molar-refractivity contribution in [2.75, 3.05) is 13.7 Å². The smallest absolute Gasteiger partial charge is 0.165 e. The molecule has 0 amide bonds. The molecule has 3 N–H and O–H groups in total. The number of aliphatic hydroxyl groups excluding tert-OH is 1. The van der Waals surface area contributed by atoms with Crippen LogP contribution < -0.4 is 10.5 Å². The van der Waals surface area contributed by atoms with Gasteiger partial charge in [-0.3, -0.25) is 0 Å². The van der Waals surface area contributed by atoms with E-state index in [-0.39, 0.29) is 18.4 Å². The zero-order chi connectivity index (χ0) is 11.3. The van der Waals surface area contributed by atoms with E-state index >= 15 is 0 Å². The summed E-state index contributed by atoms with van der Waals surface area (Å²) in [4.78, 5) is 0. The predicted octanol–water partition coefficient (Wildman–Crippen LogP) is 1.61. The van der Waals surface area contributed by atoms with Crippen molar-refractivity contribution in [3.8, 4) is 5.75 Å². The largest absolute Gasteiger partial charge is 0.494 e. The van der Waals surface area contributed by atoms with Crippen molar-refractivity contribution in [3.05, 3.63) is 29.6 Å². The highest BCUT2D eigenvalue weighted by Crippen LogP contribution is 2.22. The van der Waals surface area contributed by atoms with Gasteiger partial charge < -0.3 is 15.6 Å². The molecule has 0 radical (unpaired) electrons. The maximum absolute atomic E-state index is 13.3. The van der Waals surface area contributed by atoms with E-state index in [2.05, 4.69) is 0 Å². The second-order valence-corrected chi connectivity index (χ2v) is 3.37. The summed E-state index contributed by atoms with van der Waals surface area (Å²) in [5.41, 5.74) is 6.55. The van der Waals surface area contributed by atoms with Gasteiger partial charge in [-0.05, 0) is 30.5 Å². The molecule has 0 saturated heterocycles. The molecule has 0 fully saturated rings. The Hall–Kier alpha value is -1.13. The Morgan fingerprint density at radius 2 is 2.27 bits per heavy atom. The number of rotatable bonds is 5. The molecule has 15 heavy (non-hydrogen) atoms. The van der Waals surface area contributed by atoms with Crippen LogP contribution in [0, 0.1) is 5.82 Å². The number of ether oxygens (including phenoxy) is 1. The van der Waals surface area contributed by atoms with Gasteiger partial charge >= 0.3 is 0 Å². The van der Waals surface area contributed by atoms with Crippen LogP contribution in [0.1, 0.15) is 24.4 Å². The highest BCUT2D eigenvalue weighted by atomic mass is 19.1. The van der Waals surface area contributed by atoms with Crippen LogP contribution in [-0.2, 0) is 0 Å². The fourth-order valence-corrected chi connectivity index (χ4v) is 1.39. The fraction of sp³-hybridized carbons (Fsp3) is 0.455. The van der Waals surface area contributed by atoms with Gasteiger partial charge in [0.15, 0.2) is 11.6 Å². The van der Waals surface area contributed by atoms with E-state index in [0.717, 1.165) is 5.56 Å². The molecule has 1 rings (SSSR count). The van der Waals surface area contributed by atoms with Crippen LogP contribution in [0.4, 0.5) is 4.39 Å². The first-order valence-corrected chi connectivity index (χ1v) is 4.89. The SMILES string of the molecule is COc1ccc([C@@H](N)CCCO)cc1F. The molecule has 0 saturated carbocycles. The summed E-state index contributed by atoms with van der Waals surface area (Å²) in [6.07, 6.45) is 1.26. The molecule has 0 spiro atoms. The lowest BCUT2D eigenvalue weighted by atomic mass is 10.0. The monoisotopic (exact) mass is 213 g/mol. The van der Waals surface area contributed by atoms with Crippen LogP contribution in [0.25, 0.3) is 0 Å². The van der Waals surface area contributed by atoms with E-state index in [9.17, 15) is 4.39 Å². The van der Waals surface area contributed by atoms with Gasteiger partial charge in [0, 0.05) is 12.6 Å². The minimum Gasteiger partial charge on any atom is -0.494 e. The third-order valence-electron chi connectivity index (χ3n) is 2.28. The van der Waals surface area contributed by atoms with Crippen molar-refractivity contribution in [3.63, 3.8) is 0 Å². The van der Waals surface area contributed by atoms with Crippen LogP contribution >= 0.6 is 0 Å². The van der Waals surface area contributed by atoms with Crippen molar-refractivity contribution in [1.29, 1.82) is 0 Å². The lowest BCUT2D eigenvalue weighted by Gasteiger charge is -2.12. The van der Waals surface area contributed by atoms with Crippen LogP contribution in [0.3, 0.4) is 0 Å². The molecule has 0 unspecified atom stereocenters. The molecular formula is C11H16FNO2. The zero-order valence-electron chi connectivity index (χ0n) is 8.74. The summed E-state index contributed by atoms with van der Waals surface area (Å²) in [5, 5.41) is 8.65.